The minimum atomic E-state index is -0.386. The molecule has 9 aliphatic rings. The fraction of sp³-hybridized carbons (Fsp3) is 0.607. The molecule has 6 aromatic heterocycles. The molecule has 6 aromatic rings. The number of likely N-dealkylation sites (N-methyl/N-ethyl adjacent to an activating group) is 3. The highest BCUT2D eigenvalue weighted by molar-refractivity contribution is 5.91. The molecule has 0 aromatic carbocycles. The van der Waals surface area contributed by atoms with Crippen LogP contribution in [0.5, 0.6) is 0 Å². The fourth-order valence-corrected chi connectivity index (χ4v) is 16.3. The number of anilines is 6. The summed E-state index contributed by atoms with van der Waals surface area (Å²) >= 11 is 0. The van der Waals surface area contributed by atoms with Crippen LogP contribution in [0.3, 0.4) is 0 Å². The van der Waals surface area contributed by atoms with Gasteiger partial charge >= 0.3 is 18.1 Å². The molecule has 9 atom stereocenters. The summed E-state index contributed by atoms with van der Waals surface area (Å²) in [5, 5.41) is 47.6. The first-order valence-corrected chi connectivity index (χ1v) is 43.2. The van der Waals surface area contributed by atoms with E-state index in [2.05, 4.69) is 93.4 Å². The number of hydrogen-bond acceptors (Lipinski definition) is 33. The maximum Gasteiger partial charge on any atom is 0.317 e. The molecule has 0 radical (unpaired) electrons. The monoisotopic (exact) mass is 1800 g/mol. The van der Waals surface area contributed by atoms with E-state index in [1.165, 1.54) is 83.8 Å². The molecule has 9 unspecified atom stereocenters. The summed E-state index contributed by atoms with van der Waals surface area (Å²) in [6.07, 6.45) is 21.7. The number of nitrogens with zero attached hydrogens (tertiary/aromatic N) is 18. The van der Waals surface area contributed by atoms with E-state index >= 15 is 0 Å². The Hall–Kier alpha value is -13.3. The highest BCUT2D eigenvalue weighted by Gasteiger charge is 2.36. The molecule has 0 saturated carbocycles. The van der Waals surface area contributed by atoms with Gasteiger partial charge in [-0.25, -0.2) is 29.3 Å². The molecule has 702 valence electrons. The number of fused-ring (bicyclic) bond motifs is 6. The number of amides is 6. The molecule has 129 heavy (non-hydrogen) atoms. The molecule has 9 N–H and O–H groups in total. The van der Waals surface area contributed by atoms with Crippen LogP contribution in [-0.4, -0.2) is 259 Å². The number of urea groups is 3. The van der Waals surface area contributed by atoms with Gasteiger partial charge in [0, 0.05) is 138 Å². The second kappa shape index (κ2) is 48.0. The first kappa shape index (κ1) is 103. The zero-order valence-electron chi connectivity index (χ0n) is 76.8. The number of Topliss-reactive ketones (excluding diaryl/α,β-unsaturated/α-hetero) is 9. The van der Waals surface area contributed by atoms with Crippen molar-refractivity contribution in [2.75, 3.05) is 115 Å². The largest absolute Gasteiger partial charge is 0.369 e. The van der Waals surface area contributed by atoms with E-state index in [4.69, 9.17) is 0 Å². The van der Waals surface area contributed by atoms with Crippen molar-refractivity contribution in [3.63, 3.8) is 0 Å². The number of carbonyl (C=O) groups excluding carboxylic acids is 12. The first-order valence-electron chi connectivity index (χ1n) is 43.2. The topological polar surface area (TPSA) is 571 Å². The summed E-state index contributed by atoms with van der Waals surface area (Å²) in [4.78, 5) is 223. The molecule has 9 aliphatic heterocycles. The Morgan fingerprint density at radius 1 is 0.271 bits per heavy atom. The maximum absolute atomic E-state index is 12.2. The molecule has 45 heteroatoms. The van der Waals surface area contributed by atoms with E-state index in [1.54, 1.807) is 103 Å². The molecule has 6 amide bonds. The normalized spacial score (nSPS) is 20.5. The summed E-state index contributed by atoms with van der Waals surface area (Å²) in [7, 11) is 14.7. The molecular weight excluding hydrogens is 1680 g/mol. The lowest BCUT2D eigenvalue weighted by Gasteiger charge is -2.30. The third-order valence-corrected chi connectivity index (χ3v) is 23.5. The maximum atomic E-state index is 12.2. The van der Waals surface area contributed by atoms with Gasteiger partial charge < -0.3 is 62.6 Å². The number of hydrogen-bond donors (Lipinski definition) is 9. The van der Waals surface area contributed by atoms with Crippen LogP contribution < -0.4 is 81.2 Å². The van der Waals surface area contributed by atoms with Crippen molar-refractivity contribution in [3.05, 3.63) is 115 Å². The van der Waals surface area contributed by atoms with Gasteiger partial charge in [0.15, 0.2) is 69.5 Å². The number of ketones is 9. The third kappa shape index (κ3) is 25.6. The quantitative estimate of drug-likeness (QED) is 0.0713. The van der Waals surface area contributed by atoms with E-state index in [0.29, 0.717) is 99.5 Å². The highest BCUT2D eigenvalue weighted by Crippen LogP contribution is 2.29. The Labute approximate surface area is 744 Å². The molecule has 0 aliphatic carbocycles. The first-order chi connectivity index (χ1) is 61.3. The summed E-state index contributed by atoms with van der Waals surface area (Å²) in [6.45, 7) is 15.4. The molecule has 15 rings (SSSR count). The van der Waals surface area contributed by atoms with E-state index in [9.17, 15) is 86.3 Å². The van der Waals surface area contributed by atoms with E-state index < -0.39 is 0 Å². The lowest BCUT2D eigenvalue weighted by Crippen LogP contribution is -2.52. The van der Waals surface area contributed by atoms with Crippen LogP contribution in [0.25, 0.3) is 0 Å². The number of carbonyl (C=O) groups is 12. The van der Waals surface area contributed by atoms with Crippen molar-refractivity contribution in [1.82, 2.24) is 104 Å². The molecule has 45 nitrogen and oxygen atoms in total. The van der Waals surface area contributed by atoms with Crippen molar-refractivity contribution in [2.24, 2.45) is 0 Å². The molecule has 0 bridgehead atoms. The van der Waals surface area contributed by atoms with Crippen LogP contribution in [0.15, 0.2) is 47.4 Å². The van der Waals surface area contributed by atoms with Crippen LogP contribution in [-0.2, 0) is 81.7 Å². The zero-order valence-corrected chi connectivity index (χ0v) is 76.8. The van der Waals surface area contributed by atoms with Crippen LogP contribution in [0, 0.1) is 0 Å². The number of rotatable bonds is 15. The lowest BCUT2D eigenvalue weighted by atomic mass is 9.99. The predicted octanol–water partition coefficient (Wildman–Crippen LogP) is 2.66. The third-order valence-electron chi connectivity index (χ3n) is 23.5. The van der Waals surface area contributed by atoms with Gasteiger partial charge in [-0.15, -0.1) is 30.6 Å². The van der Waals surface area contributed by atoms with Gasteiger partial charge in [-0.1, -0.05) is 12.8 Å². The Morgan fingerprint density at radius 3 is 0.891 bits per heavy atom. The van der Waals surface area contributed by atoms with Crippen LogP contribution in [0.4, 0.5) is 49.3 Å². The van der Waals surface area contributed by atoms with E-state index in [-0.39, 0.29) is 175 Å². The van der Waals surface area contributed by atoms with Gasteiger partial charge in [0.05, 0.1) is 48.3 Å². The van der Waals surface area contributed by atoms with Crippen LogP contribution in [0.2, 0.25) is 0 Å². The van der Waals surface area contributed by atoms with Gasteiger partial charge in [-0.3, -0.25) is 99.3 Å². The highest BCUT2D eigenvalue weighted by atomic mass is 16.2. The van der Waals surface area contributed by atoms with Gasteiger partial charge in [0.2, 0.25) is 17.5 Å². The molecular formula is C84H123N27O18. The Bertz CT molecular complexity index is 5230. The lowest BCUT2D eigenvalue weighted by molar-refractivity contribution is -0.122. The van der Waals surface area contributed by atoms with E-state index in [1.807, 2.05) is 0 Å². The van der Waals surface area contributed by atoms with Crippen molar-refractivity contribution >= 4 is 105 Å². The fourth-order valence-electron chi connectivity index (χ4n) is 16.3. The molecule has 0 spiro atoms. The summed E-state index contributed by atoms with van der Waals surface area (Å²) in [6, 6.07) is -3.24. The van der Waals surface area contributed by atoms with Crippen molar-refractivity contribution < 1.29 is 57.5 Å². The minimum Gasteiger partial charge on any atom is -0.369 e. The van der Waals surface area contributed by atoms with Crippen molar-refractivity contribution in [1.29, 1.82) is 0 Å². The summed E-state index contributed by atoms with van der Waals surface area (Å²) < 4.78 is 9.19. The average Bonchev–Trinajstić information content (AvgIpc) is 1.58. The van der Waals surface area contributed by atoms with Crippen LogP contribution >= 0.6 is 0 Å². The average molecular weight is 1800 g/mol. The van der Waals surface area contributed by atoms with Crippen LogP contribution in [0.1, 0.15) is 229 Å². The second-order valence-electron chi connectivity index (χ2n) is 32.1. The van der Waals surface area contributed by atoms with Crippen molar-refractivity contribution in [3.8, 4) is 0 Å². The van der Waals surface area contributed by atoms with Gasteiger partial charge in [0.25, 0.3) is 33.4 Å². The SMILES string of the molecule is CC(=O)C1CCCNC(=O)N1C.CC(=O)C1CCNC(=O)N1C.CC(=O)C1CNC(=O)N1C.CNc1ncc2n(c1=O)C(C(C)=O)CC2.CNc1ncc2n(c1=O)C(C(C)=O)CCC2.CNc1ncc2n(c1=O)C(C(C)=O)CCCC2.CNc1nnc2n(c1=O)C(C(C)=O)CC2.CNc1nnc2n(c1=O)C(C(C)=O)CCC2.CNc1nnc2n(c1=O)C(C(C)=O)CCCC2. The zero-order chi connectivity index (χ0) is 95.5. The second-order valence-corrected chi connectivity index (χ2v) is 32.1. The predicted molar refractivity (Wildman–Crippen MR) is 478 cm³/mol. The Morgan fingerprint density at radius 2 is 0.535 bits per heavy atom. The summed E-state index contributed by atoms with van der Waals surface area (Å²) in [5.41, 5.74) is 1.22. The van der Waals surface area contributed by atoms with Gasteiger partial charge in [-0.05, 0) is 165 Å². The number of aryl methyl sites for hydroxylation is 6. The summed E-state index contributed by atoms with van der Waals surface area (Å²) in [5.74, 6) is 3.56. The molecule has 15 heterocycles. The number of nitrogens with one attached hydrogen (secondary N) is 9. The van der Waals surface area contributed by atoms with Crippen molar-refractivity contribution in [2.45, 2.75) is 252 Å². The standard InChI is InChI=1S/C12H17N3O2.C11H16N4O2.C11H15N3O2.C10H14N4O2.C10H13N3O2.C9H12N4O2.C8H14N2O2.C7H12N2O2.C6H10N2O2/c1-8(16)10-6-4-3-5-9-7-14-11(13-2)12(17)15(9)10;1-7(16)8-5-3-4-6-9-13-14-10(12-2)11(17)15(8)9;1-7(15)9-5-3-4-8-6-13-10(12-2)11(16)14(8)9;1-6(15)7-4-3-5-8-12-13-9(11-2)10(16)14(7)8;1-6(14)8-4-3-7-5-12-9(11-2)10(15)13(7)8;1-5(14)6-3-4-7-11-12-8(10-2)9(15)13(6)7;1-6(11)7-4-3-5-9-8(12)10(7)2;1-5(10)6-3-4-8-7(11)9(6)2;1-4(9)5-3-7-6(10)8(5)2/h7,10H,3-6H2,1-2H3,(H,13,14);8H,3-6H2,1-2H3,(H,12,14);6,9H,3-5H2,1-2H3,(H,12,13);7H,3-5H2,1-2H3,(H,11,13);5,8H,3-4H2,1-2H3,(H,11,12);6H,3-4H2,1-2H3,(H,10,12);7H,3-5H2,1-2H3,(H,9,12);6H,3-4H2,1-2H3,(H,8,11);5H,3H2,1-2H3,(H,7,10). The molecule has 3 saturated heterocycles. The Kier molecular flexibility index (Phi) is 38.3. The van der Waals surface area contributed by atoms with Gasteiger partial charge in [-0.2, -0.15) is 0 Å². The molecule has 3 fully saturated rings. The van der Waals surface area contributed by atoms with Gasteiger partial charge in [0.1, 0.15) is 23.5 Å². The smallest absolute Gasteiger partial charge is 0.317 e. The number of aromatic nitrogens is 15. The van der Waals surface area contributed by atoms with E-state index in [0.717, 1.165) is 107 Å². The Balaban J connectivity index is 0.000000200. The minimum absolute atomic E-state index is 0.00176.